The molecule has 6 nitrogen and oxygen atoms in total. The van der Waals surface area contributed by atoms with Crippen LogP contribution in [0.1, 0.15) is 21.6 Å². The van der Waals surface area contributed by atoms with Crippen molar-refractivity contribution in [1.29, 1.82) is 0 Å². The molecule has 0 atom stereocenters. The molecule has 0 spiro atoms. The zero-order chi connectivity index (χ0) is 21.9. The van der Waals surface area contributed by atoms with Crippen LogP contribution in [0, 0.1) is 13.8 Å². The van der Waals surface area contributed by atoms with Crippen molar-refractivity contribution >= 4 is 49.7 Å². The Morgan fingerprint density at radius 2 is 1.90 bits per heavy atom. The van der Waals surface area contributed by atoms with E-state index in [2.05, 4.69) is 10.3 Å². The van der Waals surface area contributed by atoms with Crippen molar-refractivity contribution in [3.63, 3.8) is 0 Å². The molecule has 1 N–H and O–H groups in total. The first-order valence-corrected chi connectivity index (χ1v) is 12.2. The van der Waals surface area contributed by atoms with E-state index in [0.29, 0.717) is 22.3 Å². The molecule has 0 radical (unpaired) electrons. The first-order chi connectivity index (χ1) is 14.1. The molecular weight excluding hydrogens is 442 g/mol. The van der Waals surface area contributed by atoms with Crippen LogP contribution in [0.25, 0.3) is 0 Å². The maximum atomic E-state index is 12.5. The summed E-state index contributed by atoms with van der Waals surface area (Å²) in [6.07, 6.45) is 3.43. The van der Waals surface area contributed by atoms with E-state index in [0.717, 1.165) is 32.1 Å². The summed E-state index contributed by atoms with van der Waals surface area (Å²) in [5.74, 6) is -0.456. The van der Waals surface area contributed by atoms with Crippen molar-refractivity contribution in [2.45, 2.75) is 20.3 Å². The zero-order valence-electron chi connectivity index (χ0n) is 16.8. The quantitative estimate of drug-likeness (QED) is 0.562. The van der Waals surface area contributed by atoms with Crippen LogP contribution in [0.3, 0.4) is 0 Å². The fourth-order valence-electron chi connectivity index (χ4n) is 2.91. The van der Waals surface area contributed by atoms with Crippen LogP contribution in [0.2, 0.25) is 5.02 Å². The Bertz CT molecular complexity index is 1180. The molecule has 0 saturated carbocycles. The maximum absolute atomic E-state index is 12.5. The number of para-hydroxylation sites is 1. The Hall–Kier alpha value is -2.42. The van der Waals surface area contributed by atoms with Crippen molar-refractivity contribution in [2.24, 2.45) is 0 Å². The molecule has 0 fully saturated rings. The average molecular weight is 464 g/mol. The molecule has 2 aromatic carbocycles. The lowest BCUT2D eigenvalue weighted by molar-refractivity contribution is -0.114. The Kier molecular flexibility index (Phi) is 6.80. The minimum Gasteiger partial charge on any atom is -0.300 e. The van der Waals surface area contributed by atoms with Crippen molar-refractivity contribution in [3.05, 3.63) is 75.3 Å². The van der Waals surface area contributed by atoms with Gasteiger partial charge in [0.2, 0.25) is 15.9 Å². The minimum atomic E-state index is -3.63. The van der Waals surface area contributed by atoms with Crippen molar-refractivity contribution < 1.29 is 13.2 Å². The molecule has 158 valence electrons. The van der Waals surface area contributed by atoms with E-state index >= 15 is 0 Å². The van der Waals surface area contributed by atoms with Crippen molar-refractivity contribution in [2.75, 3.05) is 22.4 Å². The summed E-state index contributed by atoms with van der Waals surface area (Å²) < 4.78 is 25.6. The fourth-order valence-corrected chi connectivity index (χ4v) is 4.89. The molecule has 9 heteroatoms. The number of halogens is 1. The van der Waals surface area contributed by atoms with E-state index in [1.54, 1.807) is 31.3 Å². The number of carbonyl (C=O) groups excluding carboxylic acids is 1. The summed E-state index contributed by atoms with van der Waals surface area (Å²) in [6, 6.07) is 12.9. The normalized spacial score (nSPS) is 11.3. The molecule has 3 rings (SSSR count). The summed E-state index contributed by atoms with van der Waals surface area (Å²) in [5.41, 5.74) is 3.31. The summed E-state index contributed by atoms with van der Waals surface area (Å²) >= 11 is 7.52. The van der Waals surface area contributed by atoms with Gasteiger partial charge < -0.3 is 5.32 Å². The van der Waals surface area contributed by atoms with Crippen LogP contribution in [-0.2, 0) is 21.2 Å². The third-order valence-electron chi connectivity index (χ3n) is 4.49. The predicted molar refractivity (Wildman–Crippen MR) is 123 cm³/mol. The number of anilines is 2. The van der Waals surface area contributed by atoms with Gasteiger partial charge in [0, 0.05) is 22.5 Å². The summed E-state index contributed by atoms with van der Waals surface area (Å²) in [4.78, 5) is 17.7. The molecular formula is C21H22ClN3O3S2. The third kappa shape index (κ3) is 5.59. The van der Waals surface area contributed by atoms with Gasteiger partial charge in [-0.3, -0.25) is 9.10 Å². The number of carbonyl (C=O) groups is 1. The molecule has 30 heavy (non-hydrogen) atoms. The van der Waals surface area contributed by atoms with E-state index in [1.165, 1.54) is 11.3 Å². The molecule has 1 amide bonds. The highest BCUT2D eigenvalue weighted by Crippen LogP contribution is 2.25. The van der Waals surface area contributed by atoms with Gasteiger partial charge in [0.1, 0.15) is 6.54 Å². The molecule has 1 heterocycles. The van der Waals surface area contributed by atoms with E-state index in [4.69, 9.17) is 11.6 Å². The first kappa shape index (κ1) is 22.3. The topological polar surface area (TPSA) is 79.4 Å². The standard InChI is InChI=1S/C21H22ClN3O3S2/c1-14-8-9-16(11-18(14)22)10-17-12-23-21(29-17)24-20(26)13-25(30(3,27)28)19-7-5-4-6-15(19)2/h4-9,11-12H,10,13H2,1-3H3,(H,23,24,26). The van der Waals surface area contributed by atoms with E-state index in [1.807, 2.05) is 31.2 Å². The predicted octanol–water partition coefficient (Wildman–Crippen LogP) is 4.41. The van der Waals surface area contributed by atoms with E-state index in [-0.39, 0.29) is 6.54 Å². The number of aryl methyl sites for hydroxylation is 2. The van der Waals surface area contributed by atoms with Gasteiger partial charge in [0.25, 0.3) is 0 Å². The number of benzene rings is 2. The monoisotopic (exact) mass is 463 g/mol. The number of sulfonamides is 1. The van der Waals surface area contributed by atoms with E-state index in [9.17, 15) is 13.2 Å². The van der Waals surface area contributed by atoms with Gasteiger partial charge in [-0.1, -0.05) is 41.9 Å². The van der Waals surface area contributed by atoms with Gasteiger partial charge >= 0.3 is 0 Å². The second-order valence-corrected chi connectivity index (χ2v) is 10.4. The highest BCUT2D eigenvalue weighted by Gasteiger charge is 2.22. The van der Waals surface area contributed by atoms with Gasteiger partial charge in [0.15, 0.2) is 5.13 Å². The summed E-state index contributed by atoms with van der Waals surface area (Å²) in [7, 11) is -3.63. The molecule has 0 aliphatic rings. The lowest BCUT2D eigenvalue weighted by Crippen LogP contribution is -2.37. The lowest BCUT2D eigenvalue weighted by Gasteiger charge is -2.23. The van der Waals surface area contributed by atoms with Gasteiger partial charge in [-0.25, -0.2) is 13.4 Å². The zero-order valence-corrected chi connectivity index (χ0v) is 19.2. The van der Waals surface area contributed by atoms with Crippen LogP contribution in [0.5, 0.6) is 0 Å². The number of amides is 1. The van der Waals surface area contributed by atoms with E-state index < -0.39 is 15.9 Å². The number of rotatable bonds is 7. The third-order valence-corrected chi connectivity index (χ3v) is 6.93. The second kappa shape index (κ2) is 9.16. The summed E-state index contributed by atoms with van der Waals surface area (Å²) in [6.45, 7) is 3.42. The highest BCUT2D eigenvalue weighted by molar-refractivity contribution is 7.92. The number of thiazole rings is 1. The Morgan fingerprint density at radius 1 is 1.17 bits per heavy atom. The Morgan fingerprint density at radius 3 is 2.57 bits per heavy atom. The second-order valence-electron chi connectivity index (χ2n) is 7.00. The number of hydrogen-bond donors (Lipinski definition) is 1. The maximum Gasteiger partial charge on any atom is 0.246 e. The summed E-state index contributed by atoms with van der Waals surface area (Å²) in [5, 5.41) is 3.83. The molecule has 1 aromatic heterocycles. The highest BCUT2D eigenvalue weighted by atomic mass is 35.5. The van der Waals surface area contributed by atoms with Gasteiger partial charge in [-0.2, -0.15) is 0 Å². The molecule has 0 bridgehead atoms. The fraction of sp³-hybridized carbons (Fsp3) is 0.238. The minimum absolute atomic E-state index is 0.327. The van der Waals surface area contributed by atoms with Crippen LogP contribution in [0.4, 0.5) is 10.8 Å². The Labute approximate surface area is 185 Å². The Balaban J connectivity index is 1.69. The number of hydrogen-bond acceptors (Lipinski definition) is 5. The van der Waals surface area contributed by atoms with Gasteiger partial charge in [-0.15, -0.1) is 11.3 Å². The molecule has 0 aliphatic heterocycles. The number of aromatic nitrogens is 1. The van der Waals surface area contributed by atoms with Crippen LogP contribution in [-0.4, -0.2) is 32.1 Å². The van der Waals surface area contributed by atoms with Crippen molar-refractivity contribution in [3.8, 4) is 0 Å². The largest absolute Gasteiger partial charge is 0.300 e. The molecule has 0 saturated heterocycles. The van der Waals surface area contributed by atoms with Gasteiger partial charge in [-0.05, 0) is 42.7 Å². The number of nitrogens with zero attached hydrogens (tertiary/aromatic N) is 2. The van der Waals surface area contributed by atoms with Crippen molar-refractivity contribution in [1.82, 2.24) is 4.98 Å². The number of nitrogens with one attached hydrogen (secondary N) is 1. The van der Waals surface area contributed by atoms with Crippen LogP contribution in [0.15, 0.2) is 48.7 Å². The molecule has 0 unspecified atom stereocenters. The lowest BCUT2D eigenvalue weighted by atomic mass is 10.1. The van der Waals surface area contributed by atoms with Crippen LogP contribution < -0.4 is 9.62 Å². The molecule has 3 aromatic rings. The average Bonchev–Trinajstić information content (AvgIpc) is 3.09. The first-order valence-electron chi connectivity index (χ1n) is 9.16. The SMILES string of the molecule is Cc1ccc(Cc2cnc(NC(=O)CN(c3ccccc3C)S(C)(=O)=O)s2)cc1Cl. The molecule has 0 aliphatic carbocycles. The smallest absolute Gasteiger partial charge is 0.246 e. The van der Waals surface area contributed by atoms with Crippen LogP contribution >= 0.6 is 22.9 Å². The van der Waals surface area contributed by atoms with Gasteiger partial charge in [0.05, 0.1) is 11.9 Å².